The van der Waals surface area contributed by atoms with Gasteiger partial charge in [-0.3, -0.25) is 4.72 Å². The summed E-state index contributed by atoms with van der Waals surface area (Å²) >= 11 is 0. The molecule has 1 heterocycles. The van der Waals surface area contributed by atoms with Crippen molar-refractivity contribution in [3.63, 3.8) is 0 Å². The molecule has 0 fully saturated rings. The highest BCUT2D eigenvalue weighted by Gasteiger charge is 2.20. The molecule has 33 heavy (non-hydrogen) atoms. The van der Waals surface area contributed by atoms with Crippen LogP contribution >= 0.6 is 0 Å². The van der Waals surface area contributed by atoms with Crippen LogP contribution in [-0.2, 0) is 28.1 Å². The Kier molecular flexibility index (Phi) is 6.94. The zero-order valence-electron chi connectivity index (χ0n) is 17.7. The van der Waals surface area contributed by atoms with Gasteiger partial charge in [0.15, 0.2) is 5.82 Å². The van der Waals surface area contributed by atoms with E-state index in [0.29, 0.717) is 0 Å². The lowest BCUT2D eigenvalue weighted by Crippen LogP contribution is -2.27. The standard InChI is InChI=1S/C22H20F2N2O6S/c1-12(2)21(27)31-14-7-8-15-17(11-23)16(22(28)32-19(15)10-14)9-13-5-4-6-18(20(13)24)26-33(29,30)25-3/h4-8,10,25-26H,1,9,11H2,2-3H3. The van der Waals surface area contributed by atoms with E-state index in [2.05, 4.69) is 6.58 Å². The first-order chi connectivity index (χ1) is 15.6. The molecule has 1 aromatic heterocycles. The summed E-state index contributed by atoms with van der Waals surface area (Å²) in [5.41, 5.74) is -1.27. The molecule has 0 radical (unpaired) electrons. The summed E-state index contributed by atoms with van der Waals surface area (Å²) in [6.07, 6.45) is -0.342. The summed E-state index contributed by atoms with van der Waals surface area (Å²) in [6.45, 7) is 3.90. The van der Waals surface area contributed by atoms with Crippen molar-refractivity contribution in [3.05, 3.63) is 81.5 Å². The molecule has 174 valence electrons. The highest BCUT2D eigenvalue weighted by atomic mass is 32.2. The minimum absolute atomic E-state index is 0.0142. The van der Waals surface area contributed by atoms with Crippen LogP contribution in [-0.4, -0.2) is 21.4 Å². The number of ether oxygens (including phenoxy) is 1. The van der Waals surface area contributed by atoms with Crippen molar-refractivity contribution in [2.75, 3.05) is 11.8 Å². The first-order valence-electron chi connectivity index (χ1n) is 9.57. The van der Waals surface area contributed by atoms with E-state index in [9.17, 15) is 26.8 Å². The third-order valence-corrected chi connectivity index (χ3v) is 5.77. The molecule has 0 saturated heterocycles. The molecule has 0 saturated carbocycles. The zero-order valence-corrected chi connectivity index (χ0v) is 18.5. The molecule has 0 bridgehead atoms. The SMILES string of the molecule is C=C(C)C(=O)Oc1ccc2c(CF)c(Cc3cccc(NS(=O)(=O)NC)c3F)c(=O)oc2c1. The fourth-order valence-corrected chi connectivity index (χ4v) is 3.60. The van der Waals surface area contributed by atoms with Gasteiger partial charge in [-0.1, -0.05) is 18.7 Å². The second kappa shape index (κ2) is 9.51. The maximum atomic E-state index is 14.9. The third kappa shape index (κ3) is 5.26. The average Bonchev–Trinajstić information content (AvgIpc) is 2.76. The maximum absolute atomic E-state index is 14.9. The van der Waals surface area contributed by atoms with Crippen LogP contribution < -0.4 is 19.8 Å². The van der Waals surface area contributed by atoms with E-state index in [1.54, 1.807) is 0 Å². The summed E-state index contributed by atoms with van der Waals surface area (Å²) in [4.78, 5) is 24.3. The quantitative estimate of drug-likeness (QED) is 0.222. The summed E-state index contributed by atoms with van der Waals surface area (Å²) < 4.78 is 66.7. The monoisotopic (exact) mass is 478 g/mol. The Hall–Kier alpha value is -3.57. The van der Waals surface area contributed by atoms with Crippen molar-refractivity contribution in [1.82, 2.24) is 4.72 Å². The second-order valence-electron chi connectivity index (χ2n) is 7.07. The minimum atomic E-state index is -3.97. The molecule has 0 aliphatic carbocycles. The number of nitrogens with one attached hydrogen (secondary N) is 2. The Labute approximate surface area is 188 Å². The molecule has 2 aromatic carbocycles. The fraction of sp³-hybridized carbons (Fsp3) is 0.182. The van der Waals surface area contributed by atoms with Crippen molar-refractivity contribution in [2.24, 2.45) is 0 Å². The van der Waals surface area contributed by atoms with Crippen molar-refractivity contribution < 1.29 is 31.1 Å². The van der Waals surface area contributed by atoms with Gasteiger partial charge in [0.05, 0.1) is 5.69 Å². The number of carbonyl (C=O) groups is 1. The van der Waals surface area contributed by atoms with Gasteiger partial charge in [0.2, 0.25) is 0 Å². The van der Waals surface area contributed by atoms with Crippen LogP contribution in [0.2, 0.25) is 0 Å². The number of esters is 1. The number of rotatable bonds is 8. The molecule has 8 nitrogen and oxygen atoms in total. The van der Waals surface area contributed by atoms with Gasteiger partial charge in [-0.05, 0) is 30.7 Å². The summed E-state index contributed by atoms with van der Waals surface area (Å²) in [6, 6.07) is 8.05. The molecule has 3 rings (SSSR count). The van der Waals surface area contributed by atoms with Crippen molar-refractivity contribution >= 4 is 32.8 Å². The fourth-order valence-electron chi connectivity index (χ4n) is 3.05. The zero-order chi connectivity index (χ0) is 24.3. The van der Waals surface area contributed by atoms with Gasteiger partial charge >= 0.3 is 11.6 Å². The van der Waals surface area contributed by atoms with Crippen LogP contribution in [0.3, 0.4) is 0 Å². The summed E-state index contributed by atoms with van der Waals surface area (Å²) in [5.74, 6) is -1.52. The average molecular weight is 478 g/mol. The Morgan fingerprint density at radius 1 is 1.21 bits per heavy atom. The Morgan fingerprint density at radius 3 is 2.58 bits per heavy atom. The molecular weight excluding hydrogens is 458 g/mol. The number of carbonyl (C=O) groups excluding carboxylic acids is 1. The number of hydrogen-bond donors (Lipinski definition) is 2. The number of anilines is 1. The van der Waals surface area contributed by atoms with Crippen LogP contribution in [0.1, 0.15) is 23.6 Å². The van der Waals surface area contributed by atoms with Crippen LogP contribution in [0.4, 0.5) is 14.5 Å². The van der Waals surface area contributed by atoms with Gasteiger partial charge < -0.3 is 9.15 Å². The lowest BCUT2D eigenvalue weighted by molar-refractivity contribution is -0.130. The van der Waals surface area contributed by atoms with E-state index in [-0.39, 0.29) is 51.1 Å². The molecule has 2 N–H and O–H groups in total. The van der Waals surface area contributed by atoms with Crippen molar-refractivity contribution in [2.45, 2.75) is 20.0 Å². The minimum Gasteiger partial charge on any atom is -0.423 e. The van der Waals surface area contributed by atoms with Gasteiger partial charge in [0, 0.05) is 41.6 Å². The maximum Gasteiger partial charge on any atom is 0.340 e. The normalized spacial score (nSPS) is 11.4. The molecule has 0 aliphatic rings. The van der Waals surface area contributed by atoms with Crippen LogP contribution in [0.5, 0.6) is 5.75 Å². The van der Waals surface area contributed by atoms with E-state index in [0.717, 1.165) is 7.05 Å². The van der Waals surface area contributed by atoms with Crippen LogP contribution in [0.25, 0.3) is 11.0 Å². The molecule has 0 unspecified atom stereocenters. The van der Waals surface area contributed by atoms with E-state index in [1.165, 1.54) is 43.3 Å². The predicted molar refractivity (Wildman–Crippen MR) is 119 cm³/mol. The van der Waals surface area contributed by atoms with Gasteiger partial charge in [-0.25, -0.2) is 23.1 Å². The molecule has 0 aliphatic heterocycles. The van der Waals surface area contributed by atoms with Gasteiger partial charge in [0.25, 0.3) is 10.2 Å². The number of hydrogen-bond acceptors (Lipinski definition) is 6. The Bertz CT molecular complexity index is 1420. The summed E-state index contributed by atoms with van der Waals surface area (Å²) in [5, 5.41) is 0.245. The smallest absolute Gasteiger partial charge is 0.340 e. The molecule has 0 atom stereocenters. The first kappa shape index (κ1) is 24.1. The van der Waals surface area contributed by atoms with Crippen LogP contribution in [0.15, 0.2) is 57.8 Å². The van der Waals surface area contributed by atoms with E-state index in [4.69, 9.17) is 9.15 Å². The van der Waals surface area contributed by atoms with E-state index < -0.39 is 34.3 Å². The molecule has 0 spiro atoms. The van der Waals surface area contributed by atoms with Crippen LogP contribution in [0, 0.1) is 5.82 Å². The second-order valence-corrected chi connectivity index (χ2v) is 8.69. The number of fused-ring (bicyclic) bond motifs is 1. The van der Waals surface area contributed by atoms with Gasteiger partial charge in [0.1, 0.15) is 18.0 Å². The highest BCUT2D eigenvalue weighted by molar-refractivity contribution is 7.90. The van der Waals surface area contributed by atoms with Gasteiger partial charge in [-0.15, -0.1) is 0 Å². The Morgan fingerprint density at radius 2 is 1.94 bits per heavy atom. The lowest BCUT2D eigenvalue weighted by Gasteiger charge is -2.13. The predicted octanol–water partition coefficient (Wildman–Crippen LogP) is 3.35. The van der Waals surface area contributed by atoms with Crippen molar-refractivity contribution in [1.29, 1.82) is 0 Å². The largest absolute Gasteiger partial charge is 0.423 e. The van der Waals surface area contributed by atoms with E-state index >= 15 is 0 Å². The number of alkyl halides is 1. The molecule has 0 amide bonds. The van der Waals surface area contributed by atoms with Crippen molar-refractivity contribution in [3.8, 4) is 5.75 Å². The first-order valence-corrected chi connectivity index (χ1v) is 11.1. The summed E-state index contributed by atoms with van der Waals surface area (Å²) in [7, 11) is -2.82. The van der Waals surface area contributed by atoms with Gasteiger partial charge in [-0.2, -0.15) is 8.42 Å². The molecule has 11 heteroatoms. The lowest BCUT2D eigenvalue weighted by atomic mass is 9.98. The van der Waals surface area contributed by atoms with E-state index in [1.807, 2.05) is 9.44 Å². The highest BCUT2D eigenvalue weighted by Crippen LogP contribution is 2.28. The Balaban J connectivity index is 2.04. The third-order valence-electron chi connectivity index (χ3n) is 4.74. The molecular formula is C22H20F2N2O6S. The topological polar surface area (TPSA) is 115 Å². The molecule has 3 aromatic rings. The number of benzene rings is 2. The number of halogens is 2.